The van der Waals surface area contributed by atoms with Crippen molar-refractivity contribution in [3.05, 3.63) is 15.6 Å². The van der Waals surface area contributed by atoms with Crippen molar-refractivity contribution in [1.82, 2.24) is 4.98 Å². The second-order valence-electron chi connectivity index (χ2n) is 3.66. The molecule has 1 aromatic rings. The number of carbonyl (C=O) groups is 1. The van der Waals surface area contributed by atoms with E-state index in [2.05, 4.69) is 4.98 Å². The van der Waals surface area contributed by atoms with E-state index >= 15 is 0 Å². The molecule has 1 saturated carbocycles. The maximum atomic E-state index is 10.9. The molecule has 1 aliphatic carbocycles. The summed E-state index contributed by atoms with van der Waals surface area (Å²) in [5, 5.41) is 10.0. The first-order valence-electron chi connectivity index (χ1n) is 4.95. The van der Waals surface area contributed by atoms with Crippen LogP contribution >= 0.6 is 11.3 Å². The molecule has 1 aromatic heterocycles. The molecule has 0 atom stereocenters. The number of thiazole rings is 1. The van der Waals surface area contributed by atoms with E-state index in [4.69, 9.17) is 5.11 Å². The summed E-state index contributed by atoms with van der Waals surface area (Å²) in [6.45, 7) is 2.04. The van der Waals surface area contributed by atoms with Gasteiger partial charge < -0.3 is 5.11 Å². The Balaban J connectivity index is 2.29. The van der Waals surface area contributed by atoms with Crippen LogP contribution in [0.25, 0.3) is 0 Å². The minimum atomic E-state index is -0.821. The molecule has 1 fully saturated rings. The molecule has 1 N–H and O–H groups in total. The topological polar surface area (TPSA) is 50.2 Å². The zero-order valence-electron chi connectivity index (χ0n) is 8.12. The van der Waals surface area contributed by atoms with E-state index in [0.717, 1.165) is 23.5 Å². The molecule has 0 amide bonds. The molecule has 0 unspecified atom stereocenters. The normalized spacial score (nSPS) is 15.8. The van der Waals surface area contributed by atoms with Crippen molar-refractivity contribution >= 4 is 17.3 Å². The molecule has 0 aliphatic heterocycles. The first kappa shape index (κ1) is 9.65. The molecule has 0 radical (unpaired) electrons. The number of rotatable bonds is 4. The molecule has 0 spiro atoms. The third-order valence-corrected chi connectivity index (χ3v) is 3.57. The lowest BCUT2D eigenvalue weighted by atomic mass is 10.2. The van der Waals surface area contributed by atoms with Crippen molar-refractivity contribution in [1.29, 1.82) is 0 Å². The van der Waals surface area contributed by atoms with E-state index < -0.39 is 5.97 Å². The van der Waals surface area contributed by atoms with E-state index in [1.165, 1.54) is 24.2 Å². The molecule has 76 valence electrons. The summed E-state index contributed by atoms with van der Waals surface area (Å²) in [4.78, 5) is 15.8. The fourth-order valence-electron chi connectivity index (χ4n) is 1.45. The maximum Gasteiger partial charge on any atom is 0.347 e. The Morgan fingerprint density at radius 2 is 2.36 bits per heavy atom. The van der Waals surface area contributed by atoms with Crippen LogP contribution in [0, 0.1) is 0 Å². The Morgan fingerprint density at radius 3 is 2.86 bits per heavy atom. The Hall–Kier alpha value is -0.900. The lowest BCUT2D eigenvalue weighted by Crippen LogP contribution is -1.98. The Labute approximate surface area is 86.8 Å². The van der Waals surface area contributed by atoms with Crippen molar-refractivity contribution in [3.63, 3.8) is 0 Å². The Kier molecular flexibility index (Phi) is 2.54. The van der Waals surface area contributed by atoms with Gasteiger partial charge in [-0.1, -0.05) is 13.3 Å². The second-order valence-corrected chi connectivity index (χ2v) is 4.69. The van der Waals surface area contributed by atoms with E-state index in [1.54, 1.807) is 0 Å². The summed E-state index contributed by atoms with van der Waals surface area (Å²) in [5.41, 5.74) is 0.784. The van der Waals surface area contributed by atoms with Gasteiger partial charge in [-0.3, -0.25) is 0 Å². The highest BCUT2D eigenvalue weighted by atomic mass is 32.1. The second kappa shape index (κ2) is 3.69. The third kappa shape index (κ3) is 1.80. The predicted octanol–water partition coefficient (Wildman–Crippen LogP) is 2.67. The van der Waals surface area contributed by atoms with Gasteiger partial charge in [0, 0.05) is 5.92 Å². The fraction of sp³-hybridized carbons (Fsp3) is 0.600. The molecule has 0 bridgehead atoms. The molecule has 3 nitrogen and oxygen atoms in total. The predicted molar refractivity (Wildman–Crippen MR) is 55.0 cm³/mol. The van der Waals surface area contributed by atoms with E-state index in [-0.39, 0.29) is 0 Å². The van der Waals surface area contributed by atoms with Crippen LogP contribution < -0.4 is 0 Å². The highest BCUT2D eigenvalue weighted by molar-refractivity contribution is 7.13. The van der Waals surface area contributed by atoms with Crippen LogP contribution in [-0.2, 0) is 6.42 Å². The number of carboxylic acid groups (broad SMARTS) is 1. The van der Waals surface area contributed by atoms with Gasteiger partial charge in [0.05, 0.1) is 10.7 Å². The van der Waals surface area contributed by atoms with Crippen molar-refractivity contribution in [2.45, 2.75) is 38.5 Å². The molecular weight excluding hydrogens is 198 g/mol. The number of aryl methyl sites for hydroxylation is 1. The summed E-state index contributed by atoms with van der Waals surface area (Å²) >= 11 is 1.37. The van der Waals surface area contributed by atoms with Gasteiger partial charge in [0.15, 0.2) is 0 Å². The van der Waals surface area contributed by atoms with Crippen LogP contribution in [0.2, 0.25) is 0 Å². The van der Waals surface area contributed by atoms with Gasteiger partial charge >= 0.3 is 5.97 Å². The van der Waals surface area contributed by atoms with Crippen molar-refractivity contribution < 1.29 is 9.90 Å². The Morgan fingerprint density at radius 1 is 1.64 bits per heavy atom. The van der Waals surface area contributed by atoms with E-state index in [0.29, 0.717) is 10.8 Å². The number of aromatic nitrogens is 1. The van der Waals surface area contributed by atoms with Gasteiger partial charge in [-0.25, -0.2) is 9.78 Å². The van der Waals surface area contributed by atoms with Crippen LogP contribution in [0.5, 0.6) is 0 Å². The summed E-state index contributed by atoms with van der Waals surface area (Å²) in [6.07, 6.45) is 4.09. The van der Waals surface area contributed by atoms with Crippen molar-refractivity contribution in [2.24, 2.45) is 0 Å². The Bertz CT molecular complexity index is 355. The fourth-order valence-corrected chi connectivity index (χ4v) is 2.57. The van der Waals surface area contributed by atoms with Gasteiger partial charge in [0.2, 0.25) is 0 Å². The number of carboxylic acids is 1. The molecule has 14 heavy (non-hydrogen) atoms. The van der Waals surface area contributed by atoms with Crippen LogP contribution in [0.1, 0.15) is 52.5 Å². The highest BCUT2D eigenvalue weighted by Crippen LogP contribution is 2.42. The first-order valence-corrected chi connectivity index (χ1v) is 5.77. The standard InChI is InChI=1S/C10H13NO2S/c1-2-3-7-8(10(12)13)14-9(11-7)6-4-5-6/h6H,2-5H2,1H3,(H,12,13). The van der Waals surface area contributed by atoms with Gasteiger partial charge in [0.25, 0.3) is 0 Å². The van der Waals surface area contributed by atoms with Gasteiger partial charge in [-0.05, 0) is 19.3 Å². The summed E-state index contributed by atoms with van der Waals surface area (Å²) in [5.74, 6) is -0.262. The smallest absolute Gasteiger partial charge is 0.347 e. The van der Waals surface area contributed by atoms with Crippen molar-refractivity contribution in [2.75, 3.05) is 0 Å². The largest absolute Gasteiger partial charge is 0.477 e. The number of hydrogen-bond acceptors (Lipinski definition) is 3. The molecule has 1 heterocycles. The summed E-state index contributed by atoms with van der Waals surface area (Å²) in [6, 6.07) is 0. The highest BCUT2D eigenvalue weighted by Gasteiger charge is 2.29. The quantitative estimate of drug-likeness (QED) is 0.833. The maximum absolute atomic E-state index is 10.9. The SMILES string of the molecule is CCCc1nc(C2CC2)sc1C(=O)O. The van der Waals surface area contributed by atoms with Crippen LogP contribution in [0.3, 0.4) is 0 Å². The van der Waals surface area contributed by atoms with E-state index in [1.807, 2.05) is 6.92 Å². The molecule has 1 aliphatic rings. The van der Waals surface area contributed by atoms with Crippen LogP contribution in [0.4, 0.5) is 0 Å². The number of aromatic carboxylic acids is 1. The van der Waals surface area contributed by atoms with Crippen LogP contribution in [0.15, 0.2) is 0 Å². The molecule has 2 rings (SSSR count). The first-order chi connectivity index (χ1) is 6.72. The molecule has 0 saturated heterocycles. The molecule has 0 aromatic carbocycles. The minimum Gasteiger partial charge on any atom is -0.477 e. The monoisotopic (exact) mass is 211 g/mol. The summed E-state index contributed by atoms with van der Waals surface area (Å²) in [7, 11) is 0. The summed E-state index contributed by atoms with van der Waals surface area (Å²) < 4.78 is 0. The minimum absolute atomic E-state index is 0.453. The molecular formula is C10H13NO2S. The number of nitrogens with zero attached hydrogens (tertiary/aromatic N) is 1. The van der Waals surface area contributed by atoms with Gasteiger partial charge in [-0.2, -0.15) is 0 Å². The number of hydrogen-bond donors (Lipinski definition) is 1. The average Bonchev–Trinajstić information content (AvgIpc) is 2.89. The van der Waals surface area contributed by atoms with Gasteiger partial charge in [0.1, 0.15) is 4.88 Å². The van der Waals surface area contributed by atoms with Crippen molar-refractivity contribution in [3.8, 4) is 0 Å². The zero-order chi connectivity index (χ0) is 10.1. The third-order valence-electron chi connectivity index (χ3n) is 2.32. The van der Waals surface area contributed by atoms with Crippen LogP contribution in [-0.4, -0.2) is 16.1 Å². The lowest BCUT2D eigenvalue weighted by molar-refractivity contribution is 0.0700. The zero-order valence-corrected chi connectivity index (χ0v) is 8.93. The van der Waals surface area contributed by atoms with Gasteiger partial charge in [-0.15, -0.1) is 11.3 Å². The van der Waals surface area contributed by atoms with E-state index in [9.17, 15) is 4.79 Å². The molecule has 4 heteroatoms. The average molecular weight is 211 g/mol. The lowest BCUT2D eigenvalue weighted by Gasteiger charge is -1.93.